The van der Waals surface area contributed by atoms with E-state index in [0.29, 0.717) is 5.56 Å². The lowest BCUT2D eigenvalue weighted by Crippen LogP contribution is -2.24. The molecule has 0 aliphatic heterocycles. The van der Waals surface area contributed by atoms with Gasteiger partial charge < -0.3 is 5.32 Å². The lowest BCUT2D eigenvalue weighted by atomic mass is 9.89. The molecule has 0 saturated carbocycles. The van der Waals surface area contributed by atoms with Gasteiger partial charge in [-0.15, -0.1) is 0 Å². The molecule has 1 nitrogen and oxygen atoms in total. The van der Waals surface area contributed by atoms with Crippen molar-refractivity contribution < 1.29 is 4.39 Å². The van der Waals surface area contributed by atoms with Crippen LogP contribution < -0.4 is 10.8 Å². The standard InChI is InChI=1S/C15H21BFN/c1-10(9-15(3,4)5)18-11(2)12-7-6-8-13(16)14(12)17/h6-8,11,18H,1,9H2,2-5H3. The molecule has 96 valence electrons. The van der Waals surface area contributed by atoms with E-state index in [1.165, 1.54) is 0 Å². The van der Waals surface area contributed by atoms with E-state index >= 15 is 0 Å². The Kier molecular flexibility index (Phi) is 4.61. The van der Waals surface area contributed by atoms with Crippen molar-refractivity contribution in [2.75, 3.05) is 0 Å². The van der Waals surface area contributed by atoms with Crippen LogP contribution in [0.4, 0.5) is 4.39 Å². The minimum Gasteiger partial charge on any atom is -0.382 e. The summed E-state index contributed by atoms with van der Waals surface area (Å²) in [7, 11) is 5.57. The fraction of sp³-hybridized carbons (Fsp3) is 0.467. The highest BCUT2D eigenvalue weighted by Crippen LogP contribution is 2.24. The van der Waals surface area contributed by atoms with Gasteiger partial charge in [0.05, 0.1) is 6.04 Å². The summed E-state index contributed by atoms with van der Waals surface area (Å²) in [6, 6.07) is 4.94. The van der Waals surface area contributed by atoms with Gasteiger partial charge in [0, 0.05) is 11.3 Å². The second-order valence-electron chi connectivity index (χ2n) is 5.96. The van der Waals surface area contributed by atoms with Crippen molar-refractivity contribution in [1.82, 2.24) is 5.32 Å². The monoisotopic (exact) mass is 245 g/mol. The van der Waals surface area contributed by atoms with Crippen LogP contribution in [0, 0.1) is 11.2 Å². The van der Waals surface area contributed by atoms with Gasteiger partial charge in [-0.25, -0.2) is 4.39 Å². The fourth-order valence-corrected chi connectivity index (χ4v) is 1.98. The third-order valence-corrected chi connectivity index (χ3v) is 2.69. The molecule has 0 saturated heterocycles. The third kappa shape index (κ3) is 4.21. The number of rotatable bonds is 4. The van der Waals surface area contributed by atoms with E-state index in [-0.39, 0.29) is 22.7 Å². The molecule has 3 heteroatoms. The summed E-state index contributed by atoms with van der Waals surface area (Å²) in [5, 5.41) is 3.23. The van der Waals surface area contributed by atoms with Gasteiger partial charge in [0.15, 0.2) is 0 Å². The lowest BCUT2D eigenvalue weighted by molar-refractivity contribution is 0.392. The number of halogens is 1. The van der Waals surface area contributed by atoms with Gasteiger partial charge in [0.2, 0.25) is 0 Å². The fourth-order valence-electron chi connectivity index (χ4n) is 1.98. The maximum atomic E-state index is 13.8. The molecule has 1 unspecified atom stereocenters. The van der Waals surface area contributed by atoms with Gasteiger partial charge in [0.25, 0.3) is 0 Å². The van der Waals surface area contributed by atoms with Gasteiger partial charge in [-0.2, -0.15) is 0 Å². The minimum atomic E-state index is -0.346. The Balaban J connectivity index is 2.74. The average molecular weight is 245 g/mol. The van der Waals surface area contributed by atoms with E-state index in [4.69, 9.17) is 7.85 Å². The van der Waals surface area contributed by atoms with E-state index in [9.17, 15) is 4.39 Å². The summed E-state index contributed by atoms with van der Waals surface area (Å²) in [5.41, 5.74) is 1.84. The van der Waals surface area contributed by atoms with Crippen LogP contribution >= 0.6 is 0 Å². The van der Waals surface area contributed by atoms with Gasteiger partial charge in [-0.3, -0.25) is 0 Å². The predicted octanol–water partition coefficient (Wildman–Crippen LogP) is 3.22. The van der Waals surface area contributed by atoms with Crippen LogP contribution in [0.3, 0.4) is 0 Å². The number of nitrogens with one attached hydrogen (secondary N) is 1. The Bertz CT molecular complexity index is 435. The highest BCUT2D eigenvalue weighted by atomic mass is 19.1. The molecule has 1 rings (SSSR count). The summed E-state index contributed by atoms with van der Waals surface area (Å²) in [6.45, 7) is 12.3. The molecule has 0 bridgehead atoms. The molecule has 1 N–H and O–H groups in total. The normalized spacial score (nSPS) is 13.2. The Morgan fingerprint density at radius 3 is 2.61 bits per heavy atom. The summed E-state index contributed by atoms with van der Waals surface area (Å²) >= 11 is 0. The second-order valence-corrected chi connectivity index (χ2v) is 5.96. The van der Waals surface area contributed by atoms with E-state index < -0.39 is 0 Å². The first-order chi connectivity index (χ1) is 8.20. The molecule has 1 atom stereocenters. The molecule has 0 spiro atoms. The molecule has 1 aromatic rings. The Morgan fingerprint density at radius 2 is 2.06 bits per heavy atom. The maximum absolute atomic E-state index is 13.8. The van der Waals surface area contributed by atoms with E-state index in [0.717, 1.165) is 12.1 Å². The van der Waals surface area contributed by atoms with Crippen molar-refractivity contribution in [2.24, 2.45) is 5.41 Å². The van der Waals surface area contributed by atoms with Crippen LogP contribution in [0.5, 0.6) is 0 Å². The maximum Gasteiger partial charge on any atom is 0.121 e. The third-order valence-electron chi connectivity index (χ3n) is 2.69. The summed E-state index contributed by atoms with van der Waals surface area (Å²) in [4.78, 5) is 0. The van der Waals surface area contributed by atoms with Crippen molar-refractivity contribution in [1.29, 1.82) is 0 Å². The first kappa shape index (κ1) is 14.8. The van der Waals surface area contributed by atoms with Crippen molar-refractivity contribution in [3.63, 3.8) is 0 Å². The van der Waals surface area contributed by atoms with Gasteiger partial charge in [0.1, 0.15) is 13.7 Å². The van der Waals surface area contributed by atoms with E-state index in [1.54, 1.807) is 18.2 Å². The smallest absolute Gasteiger partial charge is 0.121 e. The van der Waals surface area contributed by atoms with Crippen molar-refractivity contribution in [3.05, 3.63) is 41.9 Å². The second kappa shape index (κ2) is 5.60. The molecule has 0 aliphatic carbocycles. The SMILES string of the molecule is [B]c1cccc(C(C)NC(=C)CC(C)(C)C)c1F. The molecule has 2 radical (unpaired) electrons. The molecule has 0 fully saturated rings. The molecule has 1 aromatic carbocycles. The van der Waals surface area contributed by atoms with E-state index in [2.05, 4.69) is 32.7 Å². The van der Waals surface area contributed by atoms with Crippen LogP contribution in [-0.4, -0.2) is 7.85 Å². The van der Waals surface area contributed by atoms with Crippen LogP contribution in [0.2, 0.25) is 0 Å². The van der Waals surface area contributed by atoms with Gasteiger partial charge >= 0.3 is 0 Å². The quantitative estimate of drug-likeness (QED) is 0.803. The van der Waals surface area contributed by atoms with Crippen LogP contribution in [-0.2, 0) is 0 Å². The summed E-state index contributed by atoms with van der Waals surface area (Å²) in [6.07, 6.45) is 0.848. The van der Waals surface area contributed by atoms with Crippen molar-refractivity contribution >= 4 is 13.3 Å². The zero-order chi connectivity index (χ0) is 13.9. The first-order valence-electron chi connectivity index (χ1n) is 6.19. The summed E-state index contributed by atoms with van der Waals surface area (Å²) in [5.74, 6) is -0.346. The number of benzene rings is 1. The van der Waals surface area contributed by atoms with Gasteiger partial charge in [-0.05, 0) is 18.8 Å². The molecular weight excluding hydrogens is 224 g/mol. The highest BCUT2D eigenvalue weighted by molar-refractivity contribution is 6.32. The largest absolute Gasteiger partial charge is 0.382 e. The minimum absolute atomic E-state index is 0.136. The molecular formula is C15H21BFN. The van der Waals surface area contributed by atoms with Crippen LogP contribution in [0.1, 0.15) is 45.7 Å². The Labute approximate surface area is 111 Å². The van der Waals surface area contributed by atoms with E-state index in [1.807, 2.05) is 6.92 Å². The molecule has 0 aromatic heterocycles. The molecule has 0 aliphatic rings. The molecule has 18 heavy (non-hydrogen) atoms. The lowest BCUT2D eigenvalue weighted by Gasteiger charge is -2.24. The highest BCUT2D eigenvalue weighted by Gasteiger charge is 2.16. The molecule has 0 amide bonds. The Morgan fingerprint density at radius 1 is 1.44 bits per heavy atom. The van der Waals surface area contributed by atoms with Crippen LogP contribution in [0.25, 0.3) is 0 Å². The number of hydrogen-bond donors (Lipinski definition) is 1. The summed E-state index contributed by atoms with van der Waals surface area (Å²) < 4.78 is 13.8. The molecule has 0 heterocycles. The average Bonchev–Trinajstić information content (AvgIpc) is 2.18. The van der Waals surface area contributed by atoms with Crippen LogP contribution in [0.15, 0.2) is 30.5 Å². The predicted molar refractivity (Wildman–Crippen MR) is 76.6 cm³/mol. The van der Waals surface area contributed by atoms with Gasteiger partial charge in [-0.1, -0.05) is 51.0 Å². The number of allylic oxidation sites excluding steroid dienone is 1. The zero-order valence-corrected chi connectivity index (χ0v) is 11.7. The van der Waals surface area contributed by atoms with Crippen molar-refractivity contribution in [3.8, 4) is 0 Å². The topological polar surface area (TPSA) is 12.0 Å². The zero-order valence-electron chi connectivity index (χ0n) is 11.7. The number of hydrogen-bond acceptors (Lipinski definition) is 1. The first-order valence-corrected chi connectivity index (χ1v) is 6.19. The Hall–Kier alpha value is -1.25. The van der Waals surface area contributed by atoms with Crippen molar-refractivity contribution in [2.45, 2.75) is 40.2 Å².